The molecule has 1 aliphatic rings. The summed E-state index contributed by atoms with van der Waals surface area (Å²) in [6.07, 6.45) is -1.24. The van der Waals surface area contributed by atoms with E-state index >= 15 is 0 Å². The van der Waals surface area contributed by atoms with Crippen molar-refractivity contribution in [2.24, 2.45) is 0 Å². The van der Waals surface area contributed by atoms with Crippen molar-refractivity contribution in [3.8, 4) is 28.3 Å². The van der Waals surface area contributed by atoms with Crippen molar-refractivity contribution < 1.29 is 22.3 Å². The lowest BCUT2D eigenvalue weighted by Gasteiger charge is -2.20. The maximum atomic E-state index is 13.5. The molecule has 12 heteroatoms. The lowest BCUT2D eigenvalue weighted by atomic mass is 9.87. The van der Waals surface area contributed by atoms with Gasteiger partial charge in [0.2, 0.25) is 0 Å². The lowest BCUT2D eigenvalue weighted by Crippen LogP contribution is -2.33. The molecule has 0 N–H and O–H groups in total. The van der Waals surface area contributed by atoms with Crippen LogP contribution in [-0.2, 0) is 19.4 Å². The van der Waals surface area contributed by atoms with Gasteiger partial charge in [0, 0.05) is 35.1 Å². The molecule has 0 saturated heterocycles. The van der Waals surface area contributed by atoms with E-state index in [9.17, 15) is 17.6 Å². The first-order chi connectivity index (χ1) is 18.2. The minimum atomic E-state index is -4.62. The predicted molar refractivity (Wildman–Crippen MR) is 131 cm³/mol. The molecule has 4 heterocycles. The largest absolute Gasteiger partial charge is 0.461 e. The molecule has 0 unspecified atom stereocenters. The summed E-state index contributed by atoms with van der Waals surface area (Å²) in [5.74, 6) is -0.219. The van der Waals surface area contributed by atoms with Crippen molar-refractivity contribution in [2.45, 2.75) is 58.6 Å². The number of aryl methyl sites for hydroxylation is 3. The molecule has 0 fully saturated rings. The number of rotatable bonds is 6. The summed E-state index contributed by atoms with van der Waals surface area (Å²) in [6, 6.07) is 5.39. The zero-order valence-electron chi connectivity index (χ0n) is 20.6. The molecule has 6 rings (SSSR count). The second-order valence-corrected chi connectivity index (χ2v) is 9.24. The molecule has 8 nitrogen and oxygen atoms in total. The number of nitrogens with zero attached hydrogens (tertiary/aromatic N) is 7. The Morgan fingerprint density at radius 2 is 1.92 bits per heavy atom. The van der Waals surface area contributed by atoms with E-state index in [-0.39, 0.29) is 5.82 Å². The highest BCUT2D eigenvalue weighted by atomic mass is 19.3. The van der Waals surface area contributed by atoms with Crippen molar-refractivity contribution in [1.29, 1.82) is 0 Å². The van der Waals surface area contributed by atoms with E-state index in [2.05, 4.69) is 19.9 Å². The van der Waals surface area contributed by atoms with E-state index < -0.39 is 18.3 Å². The number of halogens is 4. The van der Waals surface area contributed by atoms with Crippen LogP contribution < -0.4 is 4.74 Å². The molecule has 0 atom stereocenters. The van der Waals surface area contributed by atoms with Gasteiger partial charge < -0.3 is 4.74 Å². The lowest BCUT2D eigenvalue weighted by molar-refractivity contribution is -0.253. The number of hydrogen-bond acceptors (Lipinski definition) is 6. The van der Waals surface area contributed by atoms with E-state index in [1.54, 1.807) is 6.07 Å². The van der Waals surface area contributed by atoms with Crippen molar-refractivity contribution >= 4 is 16.7 Å². The molecule has 1 aromatic carbocycles. The third-order valence-electron chi connectivity index (χ3n) is 6.74. The van der Waals surface area contributed by atoms with Gasteiger partial charge in [0.15, 0.2) is 17.1 Å². The van der Waals surface area contributed by atoms with E-state index in [0.29, 0.717) is 16.9 Å². The van der Waals surface area contributed by atoms with Crippen LogP contribution in [0.15, 0.2) is 36.8 Å². The van der Waals surface area contributed by atoms with Crippen molar-refractivity contribution in [1.82, 2.24) is 34.3 Å². The number of ether oxygens (including phenoxy) is 1. The Morgan fingerprint density at radius 3 is 2.68 bits per heavy atom. The maximum Gasteiger partial charge on any atom is 0.461 e. The summed E-state index contributed by atoms with van der Waals surface area (Å²) in [7, 11) is 0. The molecule has 0 radical (unpaired) electrons. The third-order valence-corrected chi connectivity index (χ3v) is 6.74. The SMILES string of the molecule is CCn1cc(-c2c3c(nc4ncn5nc(-c6cccc(OC(F)(F)C(F)F)c6)nc5c24)CCCC3)c(C)n1. The van der Waals surface area contributed by atoms with Crippen LogP contribution in [0.2, 0.25) is 0 Å². The third kappa shape index (κ3) is 4.04. The quantitative estimate of drug-likeness (QED) is 0.267. The van der Waals surface area contributed by atoms with Crippen LogP contribution in [0.25, 0.3) is 39.2 Å². The van der Waals surface area contributed by atoms with Gasteiger partial charge in [0.05, 0.1) is 11.1 Å². The minimum absolute atomic E-state index is 0.203. The molecule has 0 aliphatic heterocycles. The number of aromatic nitrogens is 7. The Morgan fingerprint density at radius 1 is 1.11 bits per heavy atom. The molecule has 38 heavy (non-hydrogen) atoms. The molecule has 5 aromatic rings. The van der Waals surface area contributed by atoms with Crippen LogP contribution in [0.4, 0.5) is 17.6 Å². The highest BCUT2D eigenvalue weighted by Crippen LogP contribution is 2.39. The van der Waals surface area contributed by atoms with Crippen molar-refractivity contribution in [3.63, 3.8) is 0 Å². The Kier molecular flexibility index (Phi) is 5.77. The molecule has 196 valence electrons. The summed E-state index contributed by atoms with van der Waals surface area (Å²) >= 11 is 0. The van der Waals surface area contributed by atoms with Gasteiger partial charge in [-0.1, -0.05) is 12.1 Å². The average Bonchev–Trinajstić information content (AvgIpc) is 3.50. The first-order valence-corrected chi connectivity index (χ1v) is 12.3. The van der Waals surface area contributed by atoms with Crippen LogP contribution in [0, 0.1) is 6.92 Å². The molecule has 0 spiro atoms. The monoisotopic (exact) mass is 525 g/mol. The summed E-state index contributed by atoms with van der Waals surface area (Å²) < 4.78 is 59.9. The van der Waals surface area contributed by atoms with Gasteiger partial charge in [0.1, 0.15) is 12.1 Å². The highest BCUT2D eigenvalue weighted by molar-refractivity contribution is 6.04. The molecule has 1 aliphatic carbocycles. The first-order valence-electron chi connectivity index (χ1n) is 12.3. The van der Waals surface area contributed by atoms with Crippen LogP contribution >= 0.6 is 0 Å². The van der Waals surface area contributed by atoms with Gasteiger partial charge in [-0.05, 0) is 57.2 Å². The Balaban J connectivity index is 1.55. The average molecular weight is 526 g/mol. The van der Waals surface area contributed by atoms with E-state index in [0.717, 1.165) is 65.7 Å². The predicted octanol–water partition coefficient (Wildman–Crippen LogP) is 5.65. The second kappa shape index (κ2) is 9.03. The van der Waals surface area contributed by atoms with Crippen molar-refractivity contribution in [2.75, 3.05) is 0 Å². The van der Waals surface area contributed by atoms with Gasteiger partial charge in [-0.15, -0.1) is 5.10 Å². The second-order valence-electron chi connectivity index (χ2n) is 9.24. The summed E-state index contributed by atoms with van der Waals surface area (Å²) in [5, 5.41) is 9.87. The topological polar surface area (TPSA) is 83.0 Å². The first kappa shape index (κ1) is 24.3. The molecular weight excluding hydrogens is 502 g/mol. The van der Waals surface area contributed by atoms with Gasteiger partial charge in [0.25, 0.3) is 0 Å². The fourth-order valence-corrected chi connectivity index (χ4v) is 4.96. The van der Waals surface area contributed by atoms with Gasteiger partial charge in [-0.2, -0.15) is 22.7 Å². The number of fused-ring (bicyclic) bond motifs is 4. The normalized spacial score (nSPS) is 14.0. The standard InChI is InChI=1S/C26H23F4N7O/c1-3-36-12-18(14(2)34-36)20-17-9-4-5-10-19(17)32-23-21(20)24-33-22(35-37(24)13-31-23)15-7-6-8-16(11-15)38-26(29,30)25(27)28/h6-8,11-13,25H,3-5,9-10H2,1-2H3. The number of alkyl halides is 4. The van der Waals surface area contributed by atoms with E-state index in [1.807, 2.05) is 24.7 Å². The molecule has 0 amide bonds. The zero-order chi connectivity index (χ0) is 26.6. The molecule has 0 saturated carbocycles. The fourth-order valence-electron chi connectivity index (χ4n) is 4.96. The molecular formula is C26H23F4N7O. The minimum Gasteiger partial charge on any atom is -0.428 e. The summed E-state index contributed by atoms with van der Waals surface area (Å²) in [5.41, 5.74) is 6.34. The Bertz CT molecular complexity index is 1680. The van der Waals surface area contributed by atoms with Crippen LogP contribution in [-0.4, -0.2) is 46.9 Å². The number of pyridine rings is 1. The van der Waals surface area contributed by atoms with Crippen LogP contribution in [0.1, 0.15) is 36.7 Å². The number of benzene rings is 1. The van der Waals surface area contributed by atoms with Crippen molar-refractivity contribution in [3.05, 3.63) is 53.7 Å². The van der Waals surface area contributed by atoms with E-state index in [1.165, 1.54) is 29.0 Å². The molecule has 4 aromatic heterocycles. The van der Waals surface area contributed by atoms with Crippen LogP contribution in [0.5, 0.6) is 5.75 Å². The Hall–Kier alpha value is -4.09. The zero-order valence-corrected chi connectivity index (χ0v) is 20.6. The highest BCUT2D eigenvalue weighted by Gasteiger charge is 2.44. The molecule has 0 bridgehead atoms. The van der Waals surface area contributed by atoms with Gasteiger partial charge in [-0.3, -0.25) is 4.68 Å². The maximum absolute atomic E-state index is 13.5. The van der Waals surface area contributed by atoms with Gasteiger partial charge in [-0.25, -0.2) is 19.5 Å². The summed E-state index contributed by atoms with van der Waals surface area (Å²) in [4.78, 5) is 14.2. The Labute approximate surface area is 214 Å². The number of hydrogen-bond donors (Lipinski definition) is 0. The van der Waals surface area contributed by atoms with E-state index in [4.69, 9.17) is 9.97 Å². The van der Waals surface area contributed by atoms with Crippen LogP contribution in [0.3, 0.4) is 0 Å². The van der Waals surface area contributed by atoms with Gasteiger partial charge >= 0.3 is 12.5 Å². The summed E-state index contributed by atoms with van der Waals surface area (Å²) in [6.45, 7) is 4.71. The fraction of sp³-hybridized carbons (Fsp3) is 0.346. The smallest absolute Gasteiger partial charge is 0.428 e.